The molecule has 0 bridgehead atoms. The zero-order valence-electron chi connectivity index (χ0n) is 9.47. The monoisotopic (exact) mass is 236 g/mol. The van der Waals surface area contributed by atoms with Crippen LogP contribution >= 0.6 is 0 Å². The first-order chi connectivity index (χ1) is 8.20. The Bertz CT molecular complexity index is 410. The minimum absolute atomic E-state index is 0.111. The molecule has 92 valence electrons. The van der Waals surface area contributed by atoms with E-state index in [1.54, 1.807) is 12.4 Å². The highest BCUT2D eigenvalue weighted by Crippen LogP contribution is 2.21. The largest absolute Gasteiger partial charge is 0.369 e. The van der Waals surface area contributed by atoms with Crippen molar-refractivity contribution in [2.24, 2.45) is 17.5 Å². The van der Waals surface area contributed by atoms with Crippen LogP contribution in [0.1, 0.15) is 12.8 Å². The lowest BCUT2D eigenvalue weighted by molar-refractivity contribution is -0.122. The fraction of sp³-hybridized carbons (Fsp3) is 0.500. The van der Waals surface area contributed by atoms with Gasteiger partial charge in [0.2, 0.25) is 5.91 Å². The second-order valence-electron chi connectivity index (χ2n) is 4.09. The average molecular weight is 236 g/mol. The van der Waals surface area contributed by atoms with E-state index in [2.05, 4.69) is 15.4 Å². The van der Waals surface area contributed by atoms with Crippen LogP contribution in [0, 0.1) is 5.92 Å². The van der Waals surface area contributed by atoms with Crippen molar-refractivity contribution in [3.8, 4) is 0 Å². The quantitative estimate of drug-likeness (QED) is 0.480. The molecular formula is C10H16N6O. The molecule has 1 aliphatic heterocycles. The predicted molar refractivity (Wildman–Crippen MR) is 64.0 cm³/mol. The van der Waals surface area contributed by atoms with Gasteiger partial charge in [0.1, 0.15) is 5.82 Å². The van der Waals surface area contributed by atoms with Gasteiger partial charge in [-0.3, -0.25) is 9.78 Å². The van der Waals surface area contributed by atoms with Crippen molar-refractivity contribution in [1.29, 1.82) is 0 Å². The molecule has 1 aromatic heterocycles. The Hall–Kier alpha value is -1.89. The molecule has 0 aliphatic carbocycles. The van der Waals surface area contributed by atoms with Gasteiger partial charge < -0.3 is 16.1 Å². The number of nitrogens with two attached hydrogens (primary N) is 2. The standard InChI is InChI=1S/C10H16N6O/c11-10(17)7-2-1-3-16(6-7)9-5-13-4-8(14-9)15-12/h4-5,7H,1-3,6,12H2,(H2,11,17)(H,14,15). The molecular weight excluding hydrogens is 220 g/mol. The van der Waals surface area contributed by atoms with Crippen LogP contribution in [0.2, 0.25) is 0 Å². The highest BCUT2D eigenvalue weighted by molar-refractivity contribution is 5.77. The number of carbonyl (C=O) groups excluding carboxylic acids is 1. The number of anilines is 2. The van der Waals surface area contributed by atoms with Crippen LogP contribution in [-0.2, 0) is 4.79 Å². The maximum absolute atomic E-state index is 11.2. The molecule has 2 rings (SSSR count). The van der Waals surface area contributed by atoms with E-state index < -0.39 is 0 Å². The molecule has 7 heteroatoms. The maximum atomic E-state index is 11.2. The summed E-state index contributed by atoms with van der Waals surface area (Å²) in [7, 11) is 0. The molecule has 7 nitrogen and oxygen atoms in total. The zero-order valence-corrected chi connectivity index (χ0v) is 9.47. The van der Waals surface area contributed by atoms with E-state index >= 15 is 0 Å². The molecule has 0 spiro atoms. The lowest BCUT2D eigenvalue weighted by atomic mass is 9.98. The summed E-state index contributed by atoms with van der Waals surface area (Å²) in [6.07, 6.45) is 4.97. The zero-order chi connectivity index (χ0) is 12.3. The molecule has 1 unspecified atom stereocenters. The number of rotatable bonds is 3. The Morgan fingerprint density at radius 2 is 2.35 bits per heavy atom. The number of hydrogen-bond acceptors (Lipinski definition) is 6. The van der Waals surface area contributed by atoms with Crippen molar-refractivity contribution < 1.29 is 4.79 Å². The van der Waals surface area contributed by atoms with E-state index in [9.17, 15) is 4.79 Å². The SMILES string of the molecule is NNc1cncc(N2CCCC(C(N)=O)C2)n1. The molecule has 1 aliphatic rings. The van der Waals surface area contributed by atoms with Crippen molar-refractivity contribution in [2.75, 3.05) is 23.4 Å². The number of nitrogen functional groups attached to an aromatic ring is 1. The molecule has 5 N–H and O–H groups in total. The van der Waals surface area contributed by atoms with Gasteiger partial charge in [-0.05, 0) is 12.8 Å². The molecule has 1 atom stereocenters. The Morgan fingerprint density at radius 1 is 1.53 bits per heavy atom. The van der Waals surface area contributed by atoms with E-state index in [0.717, 1.165) is 19.4 Å². The third-order valence-electron chi connectivity index (χ3n) is 2.92. The topological polar surface area (TPSA) is 110 Å². The number of amides is 1. The average Bonchev–Trinajstić information content (AvgIpc) is 2.39. The number of aromatic nitrogens is 2. The number of primary amides is 1. The minimum atomic E-state index is -0.254. The van der Waals surface area contributed by atoms with E-state index in [1.807, 2.05) is 4.90 Å². The predicted octanol–water partition coefficient (Wildman–Crippen LogP) is -0.536. The highest BCUT2D eigenvalue weighted by atomic mass is 16.1. The Balaban J connectivity index is 2.13. The van der Waals surface area contributed by atoms with E-state index in [1.165, 1.54) is 0 Å². The highest BCUT2D eigenvalue weighted by Gasteiger charge is 2.24. The third-order valence-corrected chi connectivity index (χ3v) is 2.92. The van der Waals surface area contributed by atoms with Gasteiger partial charge in [-0.25, -0.2) is 10.8 Å². The van der Waals surface area contributed by atoms with Gasteiger partial charge in [0.15, 0.2) is 5.82 Å². The second-order valence-corrected chi connectivity index (χ2v) is 4.09. The Labute approximate surface area is 99.2 Å². The van der Waals surface area contributed by atoms with Gasteiger partial charge in [0.25, 0.3) is 0 Å². The fourth-order valence-corrected chi connectivity index (χ4v) is 2.00. The molecule has 1 aromatic rings. The van der Waals surface area contributed by atoms with Crippen LogP contribution in [0.4, 0.5) is 11.6 Å². The van der Waals surface area contributed by atoms with Gasteiger partial charge >= 0.3 is 0 Å². The normalized spacial score (nSPS) is 20.1. The van der Waals surface area contributed by atoms with Gasteiger partial charge in [-0.1, -0.05) is 0 Å². The van der Waals surface area contributed by atoms with Gasteiger partial charge in [0.05, 0.1) is 18.3 Å². The number of hydrogen-bond donors (Lipinski definition) is 3. The van der Waals surface area contributed by atoms with Crippen molar-refractivity contribution >= 4 is 17.5 Å². The van der Waals surface area contributed by atoms with Gasteiger partial charge in [-0.2, -0.15) is 0 Å². The summed E-state index contributed by atoms with van der Waals surface area (Å²) in [5.41, 5.74) is 7.78. The number of carbonyl (C=O) groups is 1. The smallest absolute Gasteiger partial charge is 0.222 e. The Kier molecular flexibility index (Phi) is 3.38. The van der Waals surface area contributed by atoms with E-state index in [4.69, 9.17) is 11.6 Å². The summed E-state index contributed by atoms with van der Waals surface area (Å²) in [6, 6.07) is 0. The number of nitrogens with zero attached hydrogens (tertiary/aromatic N) is 3. The lowest BCUT2D eigenvalue weighted by Crippen LogP contribution is -2.41. The molecule has 1 saturated heterocycles. The van der Waals surface area contributed by atoms with Crippen LogP contribution in [0.3, 0.4) is 0 Å². The first-order valence-corrected chi connectivity index (χ1v) is 5.53. The molecule has 0 saturated carbocycles. The van der Waals surface area contributed by atoms with E-state index in [-0.39, 0.29) is 11.8 Å². The van der Waals surface area contributed by atoms with Crippen LogP contribution in [0.15, 0.2) is 12.4 Å². The van der Waals surface area contributed by atoms with Crippen LogP contribution in [-0.4, -0.2) is 29.0 Å². The van der Waals surface area contributed by atoms with Crippen molar-refractivity contribution in [1.82, 2.24) is 9.97 Å². The second kappa shape index (κ2) is 4.96. The number of nitrogens with one attached hydrogen (secondary N) is 1. The van der Waals surface area contributed by atoms with Crippen molar-refractivity contribution in [3.63, 3.8) is 0 Å². The first-order valence-electron chi connectivity index (χ1n) is 5.53. The minimum Gasteiger partial charge on any atom is -0.369 e. The van der Waals surface area contributed by atoms with Crippen LogP contribution in [0.5, 0.6) is 0 Å². The first kappa shape index (κ1) is 11.6. The number of piperidine rings is 1. The Morgan fingerprint density at radius 3 is 3.06 bits per heavy atom. The summed E-state index contributed by atoms with van der Waals surface area (Å²) < 4.78 is 0. The molecule has 0 radical (unpaired) electrons. The summed E-state index contributed by atoms with van der Waals surface area (Å²) in [5.74, 6) is 6.13. The third kappa shape index (κ3) is 2.62. The summed E-state index contributed by atoms with van der Waals surface area (Å²) in [5, 5.41) is 0. The number of hydrazine groups is 1. The molecule has 1 fully saturated rings. The van der Waals surface area contributed by atoms with Gasteiger partial charge in [-0.15, -0.1) is 0 Å². The summed E-state index contributed by atoms with van der Waals surface area (Å²) >= 11 is 0. The van der Waals surface area contributed by atoms with E-state index in [0.29, 0.717) is 18.2 Å². The van der Waals surface area contributed by atoms with Gasteiger partial charge in [0, 0.05) is 13.1 Å². The molecule has 1 amide bonds. The van der Waals surface area contributed by atoms with Crippen molar-refractivity contribution in [3.05, 3.63) is 12.4 Å². The fourth-order valence-electron chi connectivity index (χ4n) is 2.00. The molecule has 17 heavy (non-hydrogen) atoms. The van der Waals surface area contributed by atoms with Crippen LogP contribution in [0.25, 0.3) is 0 Å². The molecule has 0 aromatic carbocycles. The molecule has 2 heterocycles. The van der Waals surface area contributed by atoms with Crippen LogP contribution < -0.4 is 21.9 Å². The maximum Gasteiger partial charge on any atom is 0.222 e. The lowest BCUT2D eigenvalue weighted by Gasteiger charge is -2.31. The summed E-state index contributed by atoms with van der Waals surface area (Å²) in [6.45, 7) is 1.45. The van der Waals surface area contributed by atoms with Crippen molar-refractivity contribution in [2.45, 2.75) is 12.8 Å². The summed E-state index contributed by atoms with van der Waals surface area (Å²) in [4.78, 5) is 21.5.